The second-order valence-corrected chi connectivity index (χ2v) is 7.09. The molecule has 2 nitrogen and oxygen atoms in total. The first-order chi connectivity index (χ1) is 9.48. The highest BCUT2D eigenvalue weighted by molar-refractivity contribution is 5.17. The van der Waals surface area contributed by atoms with E-state index in [-0.39, 0.29) is 6.10 Å². The maximum Gasteiger partial charge on any atom is 0.0802 e. The quantitative estimate of drug-likeness (QED) is 0.877. The van der Waals surface area contributed by atoms with Crippen molar-refractivity contribution in [3.05, 3.63) is 35.9 Å². The molecule has 1 aromatic rings. The van der Waals surface area contributed by atoms with Gasteiger partial charge in [-0.05, 0) is 50.1 Å². The molecule has 1 aliphatic rings. The molecule has 1 saturated carbocycles. The molecule has 112 valence electrons. The average Bonchev–Trinajstić information content (AvgIpc) is 2.45. The van der Waals surface area contributed by atoms with Crippen molar-refractivity contribution in [1.82, 2.24) is 4.90 Å². The molecule has 0 aliphatic heterocycles. The Morgan fingerprint density at radius 3 is 2.40 bits per heavy atom. The zero-order valence-corrected chi connectivity index (χ0v) is 13.2. The van der Waals surface area contributed by atoms with Crippen molar-refractivity contribution in [2.24, 2.45) is 5.41 Å². The molecule has 1 aromatic carbocycles. The molecule has 0 aromatic heterocycles. The molecule has 0 radical (unpaired) electrons. The molecule has 0 spiro atoms. The smallest absolute Gasteiger partial charge is 0.0802 e. The minimum atomic E-state index is -0.335. The van der Waals surface area contributed by atoms with E-state index in [1.165, 1.54) is 25.7 Å². The van der Waals surface area contributed by atoms with Crippen LogP contribution < -0.4 is 0 Å². The molecule has 20 heavy (non-hydrogen) atoms. The van der Waals surface area contributed by atoms with E-state index in [1.807, 2.05) is 30.3 Å². The van der Waals surface area contributed by atoms with Crippen LogP contribution in [-0.4, -0.2) is 29.6 Å². The lowest BCUT2D eigenvalue weighted by Gasteiger charge is -2.38. The number of benzene rings is 1. The predicted octanol–water partition coefficient (Wildman–Crippen LogP) is 4.01. The first-order valence-corrected chi connectivity index (χ1v) is 7.91. The number of rotatable bonds is 5. The van der Waals surface area contributed by atoms with Crippen LogP contribution >= 0.6 is 0 Å². The first kappa shape index (κ1) is 15.5. The summed E-state index contributed by atoms with van der Waals surface area (Å²) in [6, 6.07) is 10.7. The molecule has 2 heteroatoms. The predicted molar refractivity (Wildman–Crippen MR) is 84.7 cm³/mol. The molecule has 1 N–H and O–H groups in total. The van der Waals surface area contributed by atoms with Crippen molar-refractivity contribution in [2.75, 3.05) is 13.6 Å². The van der Waals surface area contributed by atoms with Crippen molar-refractivity contribution in [2.45, 2.75) is 58.1 Å². The van der Waals surface area contributed by atoms with E-state index in [2.05, 4.69) is 25.8 Å². The maximum absolute atomic E-state index is 10.2. The van der Waals surface area contributed by atoms with Crippen LogP contribution in [0.25, 0.3) is 0 Å². The van der Waals surface area contributed by atoms with E-state index in [0.29, 0.717) is 11.5 Å². The third-order valence-electron chi connectivity index (χ3n) is 4.87. The van der Waals surface area contributed by atoms with Gasteiger partial charge in [-0.1, -0.05) is 44.2 Å². The minimum absolute atomic E-state index is 0.335. The summed E-state index contributed by atoms with van der Waals surface area (Å²) in [4.78, 5) is 2.45. The summed E-state index contributed by atoms with van der Waals surface area (Å²) in [5.74, 6) is 0. The van der Waals surface area contributed by atoms with Gasteiger partial charge in [-0.15, -0.1) is 0 Å². The van der Waals surface area contributed by atoms with Gasteiger partial charge in [0.25, 0.3) is 0 Å². The van der Waals surface area contributed by atoms with Gasteiger partial charge < -0.3 is 10.0 Å². The lowest BCUT2D eigenvalue weighted by molar-refractivity contribution is 0.101. The van der Waals surface area contributed by atoms with Gasteiger partial charge in [-0.2, -0.15) is 0 Å². The summed E-state index contributed by atoms with van der Waals surface area (Å²) in [6.45, 7) is 5.73. The van der Waals surface area contributed by atoms with E-state index in [0.717, 1.165) is 18.5 Å². The zero-order chi connectivity index (χ0) is 14.6. The van der Waals surface area contributed by atoms with E-state index in [4.69, 9.17) is 0 Å². The van der Waals surface area contributed by atoms with Gasteiger partial charge in [0.1, 0.15) is 0 Å². The highest BCUT2D eigenvalue weighted by atomic mass is 16.3. The van der Waals surface area contributed by atoms with Crippen LogP contribution in [-0.2, 0) is 0 Å². The fourth-order valence-corrected chi connectivity index (χ4v) is 3.18. The molecule has 0 saturated heterocycles. The van der Waals surface area contributed by atoms with Crippen LogP contribution in [0, 0.1) is 5.41 Å². The fourth-order valence-electron chi connectivity index (χ4n) is 3.18. The largest absolute Gasteiger partial charge is 0.388 e. The van der Waals surface area contributed by atoms with Crippen LogP contribution in [0.1, 0.15) is 57.6 Å². The van der Waals surface area contributed by atoms with Gasteiger partial charge >= 0.3 is 0 Å². The summed E-state index contributed by atoms with van der Waals surface area (Å²) < 4.78 is 0. The van der Waals surface area contributed by atoms with Crippen molar-refractivity contribution >= 4 is 0 Å². The highest BCUT2D eigenvalue weighted by Gasteiger charge is 2.28. The number of hydrogen-bond donors (Lipinski definition) is 1. The Bertz CT molecular complexity index is 391. The molecular formula is C18H29NO. The van der Waals surface area contributed by atoms with Crippen LogP contribution in [0.4, 0.5) is 0 Å². The second kappa shape index (κ2) is 6.73. The van der Waals surface area contributed by atoms with E-state index < -0.39 is 0 Å². The fraction of sp³-hybridized carbons (Fsp3) is 0.667. The summed E-state index contributed by atoms with van der Waals surface area (Å²) in [5, 5.41) is 10.2. The maximum atomic E-state index is 10.2. The molecule has 1 atom stereocenters. The monoisotopic (exact) mass is 275 g/mol. The van der Waals surface area contributed by atoms with Crippen molar-refractivity contribution in [3.8, 4) is 0 Å². The van der Waals surface area contributed by atoms with Crippen LogP contribution in [0.2, 0.25) is 0 Å². The van der Waals surface area contributed by atoms with Gasteiger partial charge in [0, 0.05) is 12.6 Å². The van der Waals surface area contributed by atoms with Gasteiger partial charge in [0.2, 0.25) is 0 Å². The van der Waals surface area contributed by atoms with Crippen LogP contribution in [0.15, 0.2) is 30.3 Å². The van der Waals surface area contributed by atoms with Crippen molar-refractivity contribution in [1.29, 1.82) is 0 Å². The minimum Gasteiger partial charge on any atom is -0.388 e. The lowest BCUT2D eigenvalue weighted by atomic mass is 9.75. The van der Waals surface area contributed by atoms with Gasteiger partial charge in [0.05, 0.1) is 6.10 Å². The second-order valence-electron chi connectivity index (χ2n) is 7.09. The molecule has 0 heterocycles. The third kappa shape index (κ3) is 4.32. The SMILES string of the molecule is CN(CCC(O)c1ccccc1)C1CCC(C)(C)CC1. The number of aliphatic hydroxyl groups is 1. The molecule has 0 bridgehead atoms. The zero-order valence-electron chi connectivity index (χ0n) is 13.2. The average molecular weight is 275 g/mol. The molecule has 1 aliphatic carbocycles. The Morgan fingerprint density at radius 1 is 1.20 bits per heavy atom. The van der Waals surface area contributed by atoms with Gasteiger partial charge in [0.15, 0.2) is 0 Å². The third-order valence-corrected chi connectivity index (χ3v) is 4.87. The summed E-state index contributed by atoms with van der Waals surface area (Å²) in [6.07, 6.45) is 5.72. The Morgan fingerprint density at radius 2 is 1.80 bits per heavy atom. The lowest BCUT2D eigenvalue weighted by Crippen LogP contribution is -2.38. The highest BCUT2D eigenvalue weighted by Crippen LogP contribution is 2.36. The molecular weight excluding hydrogens is 246 g/mol. The normalized spacial score (nSPS) is 21.1. The van der Waals surface area contributed by atoms with Gasteiger partial charge in [-0.25, -0.2) is 0 Å². The first-order valence-electron chi connectivity index (χ1n) is 7.91. The Balaban J connectivity index is 1.77. The van der Waals surface area contributed by atoms with E-state index in [1.54, 1.807) is 0 Å². The topological polar surface area (TPSA) is 23.5 Å². The molecule has 1 unspecified atom stereocenters. The Labute approximate surface area is 123 Å². The molecule has 2 rings (SSSR count). The number of aliphatic hydroxyl groups excluding tert-OH is 1. The Hall–Kier alpha value is -0.860. The van der Waals surface area contributed by atoms with Crippen LogP contribution in [0.5, 0.6) is 0 Å². The standard InChI is InChI=1S/C18H29NO/c1-18(2)12-9-16(10-13-18)19(3)14-11-17(20)15-7-5-4-6-8-15/h4-8,16-17,20H,9-14H2,1-3H3. The van der Waals surface area contributed by atoms with E-state index in [9.17, 15) is 5.11 Å². The van der Waals surface area contributed by atoms with Gasteiger partial charge in [-0.3, -0.25) is 0 Å². The Kier molecular flexibility index (Phi) is 5.22. The molecule has 0 amide bonds. The summed E-state index contributed by atoms with van der Waals surface area (Å²) in [7, 11) is 2.21. The van der Waals surface area contributed by atoms with Crippen LogP contribution in [0.3, 0.4) is 0 Å². The number of nitrogens with zero attached hydrogens (tertiary/aromatic N) is 1. The van der Waals surface area contributed by atoms with Crippen molar-refractivity contribution < 1.29 is 5.11 Å². The van der Waals surface area contributed by atoms with E-state index >= 15 is 0 Å². The summed E-state index contributed by atoms with van der Waals surface area (Å²) >= 11 is 0. The number of hydrogen-bond acceptors (Lipinski definition) is 2. The molecule has 1 fully saturated rings. The van der Waals surface area contributed by atoms with Crippen molar-refractivity contribution in [3.63, 3.8) is 0 Å². The summed E-state index contributed by atoms with van der Waals surface area (Å²) in [5.41, 5.74) is 1.56.